The SMILES string of the molecule is C.Cc1[nH]c2ccc(C#N)cc2c1C1=NCCN1. The van der Waals surface area contributed by atoms with E-state index in [4.69, 9.17) is 5.26 Å². The molecule has 0 unspecified atom stereocenters. The average Bonchev–Trinajstić information content (AvgIpc) is 2.93. The molecule has 1 aliphatic rings. The van der Waals surface area contributed by atoms with E-state index in [-0.39, 0.29) is 7.43 Å². The second kappa shape index (κ2) is 4.53. The first-order valence-electron chi connectivity index (χ1n) is 5.61. The summed E-state index contributed by atoms with van der Waals surface area (Å²) in [6.07, 6.45) is 0. The number of fused-ring (bicyclic) bond motifs is 1. The Kier molecular flexibility index (Phi) is 3.07. The Morgan fingerprint density at radius 1 is 1.39 bits per heavy atom. The predicted octanol–water partition coefficient (Wildman–Crippen LogP) is 2.33. The van der Waals surface area contributed by atoms with Gasteiger partial charge in [0, 0.05) is 28.7 Å². The fourth-order valence-corrected chi connectivity index (χ4v) is 2.27. The molecule has 0 fully saturated rings. The number of hydrogen-bond acceptors (Lipinski definition) is 3. The van der Waals surface area contributed by atoms with Crippen LogP contribution in [0.25, 0.3) is 10.9 Å². The highest BCUT2D eigenvalue weighted by Gasteiger charge is 2.16. The summed E-state index contributed by atoms with van der Waals surface area (Å²) in [5.41, 5.74) is 3.90. The number of aromatic nitrogens is 1. The van der Waals surface area contributed by atoms with Gasteiger partial charge in [-0.05, 0) is 25.1 Å². The fourth-order valence-electron chi connectivity index (χ4n) is 2.27. The van der Waals surface area contributed by atoms with Gasteiger partial charge in [0.2, 0.25) is 0 Å². The summed E-state index contributed by atoms with van der Waals surface area (Å²) in [5.74, 6) is 0.934. The number of aliphatic imine (C=N–C) groups is 1. The molecule has 0 aliphatic carbocycles. The molecule has 0 atom stereocenters. The molecule has 0 amide bonds. The minimum Gasteiger partial charge on any atom is -0.368 e. The second-order valence-electron chi connectivity index (χ2n) is 4.15. The summed E-state index contributed by atoms with van der Waals surface area (Å²) in [6, 6.07) is 7.86. The lowest BCUT2D eigenvalue weighted by Gasteiger charge is -2.02. The third-order valence-corrected chi connectivity index (χ3v) is 3.03. The van der Waals surface area contributed by atoms with E-state index in [1.165, 1.54) is 0 Å². The maximum absolute atomic E-state index is 8.95. The molecular formula is C14H16N4. The van der Waals surface area contributed by atoms with E-state index in [2.05, 4.69) is 21.4 Å². The van der Waals surface area contributed by atoms with Crippen LogP contribution >= 0.6 is 0 Å². The molecule has 1 aliphatic heterocycles. The van der Waals surface area contributed by atoms with Gasteiger partial charge in [0.25, 0.3) is 0 Å². The van der Waals surface area contributed by atoms with Gasteiger partial charge in [-0.25, -0.2) is 0 Å². The Balaban J connectivity index is 0.00000120. The molecule has 1 aromatic carbocycles. The number of aryl methyl sites for hydroxylation is 1. The van der Waals surface area contributed by atoms with Gasteiger partial charge in [-0.3, -0.25) is 4.99 Å². The van der Waals surface area contributed by atoms with Crippen LogP contribution in [0.2, 0.25) is 0 Å². The van der Waals surface area contributed by atoms with E-state index in [0.29, 0.717) is 5.56 Å². The van der Waals surface area contributed by atoms with Crippen LogP contribution in [0.15, 0.2) is 23.2 Å². The van der Waals surface area contributed by atoms with Gasteiger partial charge < -0.3 is 10.3 Å². The fraction of sp³-hybridized carbons (Fsp3) is 0.286. The molecule has 4 nitrogen and oxygen atoms in total. The molecule has 3 rings (SSSR count). The van der Waals surface area contributed by atoms with Crippen LogP contribution in [0.3, 0.4) is 0 Å². The number of nitrogens with zero attached hydrogens (tertiary/aromatic N) is 2. The molecule has 0 bridgehead atoms. The third-order valence-electron chi connectivity index (χ3n) is 3.03. The van der Waals surface area contributed by atoms with Crippen LogP contribution in [-0.2, 0) is 0 Å². The lowest BCUT2D eigenvalue weighted by Crippen LogP contribution is -2.19. The van der Waals surface area contributed by atoms with Crippen molar-refractivity contribution < 1.29 is 0 Å². The summed E-state index contributed by atoms with van der Waals surface area (Å²) in [5, 5.41) is 13.3. The lowest BCUT2D eigenvalue weighted by molar-refractivity contribution is 0.960. The molecule has 92 valence electrons. The van der Waals surface area contributed by atoms with E-state index in [1.54, 1.807) is 0 Å². The van der Waals surface area contributed by atoms with Crippen molar-refractivity contribution in [2.45, 2.75) is 14.4 Å². The Morgan fingerprint density at radius 3 is 2.89 bits per heavy atom. The van der Waals surface area contributed by atoms with E-state index in [1.807, 2.05) is 25.1 Å². The number of hydrogen-bond donors (Lipinski definition) is 2. The van der Waals surface area contributed by atoms with Gasteiger partial charge in [-0.2, -0.15) is 5.26 Å². The first kappa shape index (κ1) is 12.2. The molecular weight excluding hydrogens is 224 g/mol. The molecule has 1 aromatic heterocycles. The number of H-pyrrole nitrogens is 1. The first-order valence-corrected chi connectivity index (χ1v) is 5.61. The van der Waals surface area contributed by atoms with Gasteiger partial charge >= 0.3 is 0 Å². The number of amidine groups is 1. The smallest absolute Gasteiger partial charge is 0.130 e. The Bertz CT molecular complexity index is 658. The zero-order valence-corrected chi connectivity index (χ0v) is 9.54. The zero-order valence-electron chi connectivity index (χ0n) is 9.54. The average molecular weight is 240 g/mol. The van der Waals surface area contributed by atoms with Crippen molar-refractivity contribution in [2.24, 2.45) is 4.99 Å². The van der Waals surface area contributed by atoms with Crippen molar-refractivity contribution in [3.63, 3.8) is 0 Å². The molecule has 0 saturated carbocycles. The van der Waals surface area contributed by atoms with Gasteiger partial charge in [0.15, 0.2) is 0 Å². The molecule has 2 N–H and O–H groups in total. The van der Waals surface area contributed by atoms with E-state index in [0.717, 1.165) is 41.1 Å². The van der Waals surface area contributed by atoms with Crippen molar-refractivity contribution in [1.29, 1.82) is 5.26 Å². The van der Waals surface area contributed by atoms with Crippen LogP contribution in [0.4, 0.5) is 0 Å². The molecule has 0 radical (unpaired) electrons. The van der Waals surface area contributed by atoms with Gasteiger partial charge in [0.05, 0.1) is 18.2 Å². The summed E-state index contributed by atoms with van der Waals surface area (Å²) in [7, 11) is 0. The van der Waals surface area contributed by atoms with Crippen molar-refractivity contribution in [3.8, 4) is 6.07 Å². The summed E-state index contributed by atoms with van der Waals surface area (Å²) < 4.78 is 0. The van der Waals surface area contributed by atoms with Crippen molar-refractivity contribution in [2.75, 3.05) is 13.1 Å². The quantitative estimate of drug-likeness (QED) is 0.803. The number of aromatic amines is 1. The monoisotopic (exact) mass is 240 g/mol. The van der Waals surface area contributed by atoms with E-state index in [9.17, 15) is 0 Å². The number of nitrogens with one attached hydrogen (secondary N) is 2. The zero-order chi connectivity index (χ0) is 11.8. The normalized spacial score (nSPS) is 13.7. The van der Waals surface area contributed by atoms with Crippen molar-refractivity contribution >= 4 is 16.7 Å². The van der Waals surface area contributed by atoms with E-state index < -0.39 is 0 Å². The standard InChI is InChI=1S/C13H12N4.CH4/c1-8-12(13-15-4-5-16-13)10-6-9(7-14)2-3-11(10)17-8;/h2-3,6,17H,4-5H2,1H3,(H,15,16);1H4. The van der Waals surface area contributed by atoms with Crippen LogP contribution in [0.5, 0.6) is 0 Å². The Labute approximate surface area is 106 Å². The van der Waals surface area contributed by atoms with Gasteiger partial charge in [-0.15, -0.1) is 0 Å². The molecule has 18 heavy (non-hydrogen) atoms. The Morgan fingerprint density at radius 2 is 2.22 bits per heavy atom. The second-order valence-corrected chi connectivity index (χ2v) is 4.15. The summed E-state index contributed by atoms with van der Waals surface area (Å²) in [6.45, 7) is 3.74. The maximum atomic E-state index is 8.95. The Hall–Kier alpha value is -2.28. The van der Waals surface area contributed by atoms with E-state index >= 15 is 0 Å². The largest absolute Gasteiger partial charge is 0.368 e. The molecule has 0 saturated heterocycles. The highest BCUT2D eigenvalue weighted by Crippen LogP contribution is 2.24. The minimum absolute atomic E-state index is 0. The summed E-state index contributed by atoms with van der Waals surface area (Å²) in [4.78, 5) is 7.77. The van der Waals surface area contributed by atoms with Crippen LogP contribution < -0.4 is 5.32 Å². The van der Waals surface area contributed by atoms with Gasteiger partial charge in [-0.1, -0.05) is 7.43 Å². The molecule has 4 heteroatoms. The highest BCUT2D eigenvalue weighted by atomic mass is 15.1. The lowest BCUT2D eigenvalue weighted by atomic mass is 10.1. The van der Waals surface area contributed by atoms with Crippen LogP contribution in [0, 0.1) is 18.3 Å². The number of benzene rings is 1. The van der Waals surface area contributed by atoms with Crippen LogP contribution in [0.1, 0.15) is 24.2 Å². The number of rotatable bonds is 1. The first-order chi connectivity index (χ1) is 8.29. The number of nitriles is 1. The maximum Gasteiger partial charge on any atom is 0.130 e. The topological polar surface area (TPSA) is 64.0 Å². The minimum atomic E-state index is 0. The molecule has 2 aromatic rings. The van der Waals surface area contributed by atoms with Crippen LogP contribution in [-0.4, -0.2) is 23.9 Å². The third kappa shape index (κ3) is 1.74. The van der Waals surface area contributed by atoms with Gasteiger partial charge in [0.1, 0.15) is 5.84 Å². The predicted molar refractivity (Wildman–Crippen MR) is 73.9 cm³/mol. The molecule has 0 spiro atoms. The highest BCUT2D eigenvalue weighted by molar-refractivity contribution is 6.11. The molecule has 2 heterocycles. The van der Waals surface area contributed by atoms with Crippen molar-refractivity contribution in [3.05, 3.63) is 35.0 Å². The van der Waals surface area contributed by atoms with Crippen molar-refractivity contribution in [1.82, 2.24) is 10.3 Å². The summed E-state index contributed by atoms with van der Waals surface area (Å²) >= 11 is 0.